The third kappa shape index (κ3) is 4.69. The predicted molar refractivity (Wildman–Crippen MR) is 84.3 cm³/mol. The summed E-state index contributed by atoms with van der Waals surface area (Å²) in [4.78, 5) is 14.1. The van der Waals surface area contributed by atoms with E-state index >= 15 is 0 Å². The number of halogens is 1. The highest BCUT2D eigenvalue weighted by atomic mass is 35.5. The van der Waals surface area contributed by atoms with Crippen LogP contribution in [0.2, 0.25) is 0 Å². The Morgan fingerprint density at radius 1 is 1.33 bits per heavy atom. The van der Waals surface area contributed by atoms with Crippen LogP contribution in [-0.4, -0.2) is 45.1 Å². The molecule has 1 amide bonds. The van der Waals surface area contributed by atoms with Crippen LogP contribution < -0.4 is 5.32 Å². The van der Waals surface area contributed by atoms with Gasteiger partial charge in [0.1, 0.15) is 0 Å². The van der Waals surface area contributed by atoms with Crippen LogP contribution in [0.15, 0.2) is 29.2 Å². The smallest absolute Gasteiger partial charge is 0.239 e. The zero-order valence-corrected chi connectivity index (χ0v) is 13.8. The van der Waals surface area contributed by atoms with E-state index in [0.717, 1.165) is 24.9 Å². The average Bonchev–Trinajstić information content (AvgIpc) is 2.91. The lowest BCUT2D eigenvalue weighted by molar-refractivity contribution is -0.132. The summed E-state index contributed by atoms with van der Waals surface area (Å²) in [7, 11) is -1.40. The van der Waals surface area contributed by atoms with Crippen molar-refractivity contribution >= 4 is 28.2 Å². The number of carbonyl (C=O) groups is 1. The number of carbonyl (C=O) groups excluding carboxylic acids is 1. The van der Waals surface area contributed by atoms with E-state index < -0.39 is 9.84 Å². The van der Waals surface area contributed by atoms with E-state index in [9.17, 15) is 13.2 Å². The Kier molecular flexibility index (Phi) is 6.19. The highest BCUT2D eigenvalue weighted by Crippen LogP contribution is 2.13. The van der Waals surface area contributed by atoms with Gasteiger partial charge in [-0.15, -0.1) is 12.4 Å². The molecule has 0 saturated carbocycles. The van der Waals surface area contributed by atoms with Crippen molar-refractivity contribution in [3.05, 3.63) is 29.8 Å². The monoisotopic (exact) mass is 332 g/mol. The van der Waals surface area contributed by atoms with E-state index in [1.54, 1.807) is 36.2 Å². The normalized spacial score (nSPS) is 18.1. The molecule has 21 heavy (non-hydrogen) atoms. The molecule has 118 valence electrons. The molecule has 2 rings (SSSR count). The molecule has 1 atom stereocenters. The number of likely N-dealkylation sites (N-methyl/N-ethyl adjacent to an activating group) is 1. The van der Waals surface area contributed by atoms with Crippen LogP contribution in [0.5, 0.6) is 0 Å². The highest BCUT2D eigenvalue weighted by molar-refractivity contribution is 7.90. The molecule has 0 spiro atoms. The van der Waals surface area contributed by atoms with Crippen molar-refractivity contribution in [2.75, 3.05) is 19.8 Å². The van der Waals surface area contributed by atoms with Gasteiger partial charge in [0.15, 0.2) is 9.84 Å². The average molecular weight is 333 g/mol. The van der Waals surface area contributed by atoms with Crippen molar-refractivity contribution < 1.29 is 13.2 Å². The first kappa shape index (κ1) is 17.9. The van der Waals surface area contributed by atoms with Gasteiger partial charge in [-0.25, -0.2) is 8.42 Å². The summed E-state index contributed by atoms with van der Waals surface area (Å²) in [6.07, 6.45) is 3.10. The maximum Gasteiger partial charge on any atom is 0.239 e. The minimum atomic E-state index is -3.17. The van der Waals surface area contributed by atoms with Crippen LogP contribution >= 0.6 is 12.4 Å². The lowest BCUT2D eigenvalue weighted by Gasteiger charge is -2.21. The largest absolute Gasteiger partial charge is 0.340 e. The molecule has 0 radical (unpaired) electrons. The zero-order valence-electron chi connectivity index (χ0n) is 12.2. The van der Waals surface area contributed by atoms with Gasteiger partial charge in [-0.2, -0.15) is 0 Å². The first-order chi connectivity index (χ1) is 9.38. The van der Waals surface area contributed by atoms with E-state index in [-0.39, 0.29) is 24.4 Å². The van der Waals surface area contributed by atoms with E-state index in [1.807, 2.05) is 0 Å². The van der Waals surface area contributed by atoms with Crippen LogP contribution in [0.3, 0.4) is 0 Å². The second kappa shape index (κ2) is 7.24. The van der Waals surface area contributed by atoms with E-state index in [2.05, 4.69) is 5.32 Å². The molecule has 1 aromatic rings. The van der Waals surface area contributed by atoms with Gasteiger partial charge < -0.3 is 10.2 Å². The Hall–Kier alpha value is -1.11. The summed E-state index contributed by atoms with van der Waals surface area (Å²) in [5.74, 6) is 0.0923. The molecule has 1 heterocycles. The number of nitrogens with one attached hydrogen (secondary N) is 1. The number of benzene rings is 1. The van der Waals surface area contributed by atoms with E-state index in [4.69, 9.17) is 0 Å². The third-order valence-corrected chi connectivity index (χ3v) is 4.63. The summed E-state index contributed by atoms with van der Waals surface area (Å²) in [6, 6.07) is 6.59. The number of sulfone groups is 1. The molecular formula is C14H21ClN2O3S. The second-order valence-corrected chi connectivity index (χ2v) is 7.28. The van der Waals surface area contributed by atoms with Crippen molar-refractivity contribution in [1.29, 1.82) is 0 Å². The van der Waals surface area contributed by atoms with E-state index in [1.165, 1.54) is 6.26 Å². The summed E-state index contributed by atoms with van der Waals surface area (Å²) >= 11 is 0. The number of rotatable bonds is 4. The summed E-state index contributed by atoms with van der Waals surface area (Å²) in [6.45, 7) is 1.38. The number of nitrogens with zero attached hydrogens (tertiary/aromatic N) is 1. The molecule has 1 aliphatic rings. The van der Waals surface area contributed by atoms with Crippen molar-refractivity contribution in [2.24, 2.45) is 0 Å². The molecule has 1 fully saturated rings. The van der Waals surface area contributed by atoms with E-state index in [0.29, 0.717) is 11.4 Å². The Balaban J connectivity index is 0.00000220. The van der Waals surface area contributed by atoms with Gasteiger partial charge >= 0.3 is 0 Å². The molecule has 0 aliphatic carbocycles. The van der Waals surface area contributed by atoms with Crippen LogP contribution in [0, 0.1) is 0 Å². The Labute approximate surface area is 132 Å². The lowest BCUT2D eigenvalue weighted by atomic mass is 10.1. The fourth-order valence-electron chi connectivity index (χ4n) is 2.36. The van der Waals surface area contributed by atoms with Gasteiger partial charge in [-0.05, 0) is 37.1 Å². The standard InChI is InChI=1S/C14H20N2O3S.ClH/c1-16(14(17)13-4-3-9-15-13)10-11-5-7-12(8-6-11)20(2,18)19;/h5-8,13,15H,3-4,9-10H2,1-2H3;1H. The van der Waals surface area contributed by atoms with Gasteiger partial charge in [0.05, 0.1) is 10.9 Å². The molecule has 1 unspecified atom stereocenters. The first-order valence-electron chi connectivity index (χ1n) is 6.65. The van der Waals surface area contributed by atoms with Gasteiger partial charge in [0.2, 0.25) is 5.91 Å². The summed E-state index contributed by atoms with van der Waals surface area (Å²) < 4.78 is 22.8. The molecule has 1 saturated heterocycles. The molecule has 7 heteroatoms. The number of hydrogen-bond acceptors (Lipinski definition) is 4. The molecule has 1 aromatic carbocycles. The maximum atomic E-state index is 12.1. The molecule has 0 aromatic heterocycles. The minimum absolute atomic E-state index is 0. The van der Waals surface area contributed by atoms with Crippen LogP contribution in [0.4, 0.5) is 0 Å². The van der Waals surface area contributed by atoms with Gasteiger partial charge in [-0.3, -0.25) is 4.79 Å². The quantitative estimate of drug-likeness (QED) is 0.900. The lowest BCUT2D eigenvalue weighted by Crippen LogP contribution is -2.41. The fourth-order valence-corrected chi connectivity index (χ4v) is 2.99. The van der Waals surface area contributed by atoms with Crippen LogP contribution in [0.25, 0.3) is 0 Å². The summed E-state index contributed by atoms with van der Waals surface area (Å²) in [5, 5.41) is 3.18. The van der Waals surface area contributed by atoms with Gasteiger partial charge in [-0.1, -0.05) is 12.1 Å². The van der Waals surface area contributed by atoms with Crippen molar-refractivity contribution in [2.45, 2.75) is 30.3 Å². The van der Waals surface area contributed by atoms with Crippen molar-refractivity contribution in [3.8, 4) is 0 Å². The second-order valence-electron chi connectivity index (χ2n) is 5.26. The van der Waals surface area contributed by atoms with Gasteiger partial charge in [0, 0.05) is 19.8 Å². The SMILES string of the molecule is CN(Cc1ccc(S(C)(=O)=O)cc1)C(=O)C1CCCN1.Cl. The Morgan fingerprint density at radius 2 is 1.95 bits per heavy atom. The first-order valence-corrected chi connectivity index (χ1v) is 8.54. The molecule has 1 aliphatic heterocycles. The van der Waals surface area contributed by atoms with Crippen LogP contribution in [-0.2, 0) is 21.2 Å². The minimum Gasteiger partial charge on any atom is -0.340 e. The Bertz CT molecular complexity index is 581. The molecular weight excluding hydrogens is 312 g/mol. The van der Waals surface area contributed by atoms with Crippen molar-refractivity contribution in [1.82, 2.24) is 10.2 Å². The molecule has 1 N–H and O–H groups in total. The maximum absolute atomic E-state index is 12.1. The van der Waals surface area contributed by atoms with Crippen LogP contribution in [0.1, 0.15) is 18.4 Å². The van der Waals surface area contributed by atoms with Gasteiger partial charge in [0.25, 0.3) is 0 Å². The zero-order chi connectivity index (χ0) is 14.8. The molecule has 0 bridgehead atoms. The fraction of sp³-hybridized carbons (Fsp3) is 0.500. The third-order valence-electron chi connectivity index (χ3n) is 3.51. The number of hydrogen-bond donors (Lipinski definition) is 1. The predicted octanol–water partition coefficient (Wildman–Crippen LogP) is 1.22. The highest BCUT2D eigenvalue weighted by Gasteiger charge is 2.24. The topological polar surface area (TPSA) is 66.5 Å². The Morgan fingerprint density at radius 3 is 2.43 bits per heavy atom. The summed E-state index contributed by atoms with van der Waals surface area (Å²) in [5.41, 5.74) is 0.922. The number of amides is 1. The molecule has 5 nitrogen and oxygen atoms in total. The van der Waals surface area contributed by atoms with Crippen molar-refractivity contribution in [3.63, 3.8) is 0 Å².